The Bertz CT molecular complexity index is 706. The molecule has 0 saturated carbocycles. The maximum atomic E-state index is 12.1. The molecule has 0 radical (unpaired) electrons. The molecule has 2 aromatic rings. The Morgan fingerprint density at radius 1 is 1.19 bits per heavy atom. The van der Waals surface area contributed by atoms with Crippen molar-refractivity contribution in [3.63, 3.8) is 0 Å². The van der Waals surface area contributed by atoms with Gasteiger partial charge in [-0.25, -0.2) is 4.79 Å². The van der Waals surface area contributed by atoms with E-state index in [4.69, 9.17) is 4.74 Å². The number of imide groups is 1. The molecule has 6 nitrogen and oxygen atoms in total. The van der Waals surface area contributed by atoms with Crippen molar-refractivity contribution in [3.05, 3.63) is 58.3 Å². The van der Waals surface area contributed by atoms with Gasteiger partial charge in [0.15, 0.2) is 0 Å². The van der Waals surface area contributed by atoms with Gasteiger partial charge in [0.25, 0.3) is 0 Å². The second-order valence-electron chi connectivity index (χ2n) is 6.14. The monoisotopic (exact) mass is 373 g/mol. The number of hydrogen-bond acceptors (Lipinski definition) is 5. The van der Waals surface area contributed by atoms with Crippen molar-refractivity contribution in [2.75, 3.05) is 32.8 Å². The molecule has 26 heavy (non-hydrogen) atoms. The third-order valence-electron chi connectivity index (χ3n) is 4.18. The van der Waals surface area contributed by atoms with Crippen molar-refractivity contribution in [2.45, 2.75) is 12.5 Å². The van der Waals surface area contributed by atoms with Crippen LogP contribution < -0.4 is 10.6 Å². The number of urea groups is 1. The molecule has 3 amide bonds. The van der Waals surface area contributed by atoms with E-state index in [1.54, 1.807) is 11.3 Å². The molecular formula is C19H23N3O3S. The number of carbonyl (C=O) groups excluding carboxylic acids is 2. The van der Waals surface area contributed by atoms with Gasteiger partial charge < -0.3 is 10.1 Å². The van der Waals surface area contributed by atoms with E-state index in [0.29, 0.717) is 26.2 Å². The summed E-state index contributed by atoms with van der Waals surface area (Å²) in [7, 11) is 0. The Kier molecular flexibility index (Phi) is 6.76. The van der Waals surface area contributed by atoms with Crippen LogP contribution in [0.1, 0.15) is 16.5 Å². The predicted molar refractivity (Wildman–Crippen MR) is 101 cm³/mol. The number of ether oxygens (including phenoxy) is 1. The number of benzene rings is 1. The van der Waals surface area contributed by atoms with Crippen LogP contribution in [0.15, 0.2) is 47.8 Å². The third-order valence-corrected chi connectivity index (χ3v) is 5.12. The molecule has 1 fully saturated rings. The minimum Gasteiger partial charge on any atom is -0.371 e. The number of carbonyl (C=O) groups is 2. The Balaban J connectivity index is 1.39. The molecule has 1 atom stereocenters. The van der Waals surface area contributed by atoms with Crippen molar-refractivity contribution in [1.82, 2.24) is 15.5 Å². The highest BCUT2D eigenvalue weighted by Gasteiger charge is 2.23. The molecule has 0 bridgehead atoms. The molecule has 1 saturated heterocycles. The van der Waals surface area contributed by atoms with Gasteiger partial charge in [0.1, 0.15) is 0 Å². The smallest absolute Gasteiger partial charge is 0.321 e. The van der Waals surface area contributed by atoms with Gasteiger partial charge in [0.2, 0.25) is 5.91 Å². The summed E-state index contributed by atoms with van der Waals surface area (Å²) >= 11 is 1.65. The number of nitrogens with zero attached hydrogens (tertiary/aromatic N) is 1. The minimum absolute atomic E-state index is 0.0441. The van der Waals surface area contributed by atoms with Crippen LogP contribution in [0, 0.1) is 0 Å². The quantitative estimate of drug-likeness (QED) is 0.814. The first-order chi connectivity index (χ1) is 12.7. The molecule has 1 aromatic heterocycles. The van der Waals surface area contributed by atoms with E-state index < -0.39 is 6.03 Å². The van der Waals surface area contributed by atoms with Gasteiger partial charge in [-0.1, -0.05) is 36.4 Å². The summed E-state index contributed by atoms with van der Waals surface area (Å²) in [5.74, 6) is -0.299. The Labute approximate surface area is 157 Å². The van der Waals surface area contributed by atoms with Crippen LogP contribution in [-0.4, -0.2) is 49.6 Å². The zero-order valence-electron chi connectivity index (χ0n) is 14.5. The van der Waals surface area contributed by atoms with Crippen molar-refractivity contribution >= 4 is 23.3 Å². The largest absolute Gasteiger partial charge is 0.371 e. The summed E-state index contributed by atoms with van der Waals surface area (Å²) < 4.78 is 5.79. The molecule has 1 unspecified atom stereocenters. The Morgan fingerprint density at radius 2 is 2.04 bits per heavy atom. The first-order valence-corrected chi connectivity index (χ1v) is 9.57. The topological polar surface area (TPSA) is 70.7 Å². The van der Waals surface area contributed by atoms with Crippen LogP contribution in [0.4, 0.5) is 4.79 Å². The molecule has 1 aromatic carbocycles. The second kappa shape index (κ2) is 9.47. The maximum Gasteiger partial charge on any atom is 0.321 e. The Hall–Kier alpha value is -2.22. The van der Waals surface area contributed by atoms with E-state index in [1.807, 2.05) is 52.7 Å². The van der Waals surface area contributed by atoms with Gasteiger partial charge in [0.05, 0.1) is 19.3 Å². The highest BCUT2D eigenvalue weighted by Crippen LogP contribution is 2.21. The maximum absolute atomic E-state index is 12.1. The molecule has 2 heterocycles. The van der Waals surface area contributed by atoms with E-state index in [-0.39, 0.29) is 18.6 Å². The zero-order chi connectivity index (χ0) is 18.2. The van der Waals surface area contributed by atoms with Crippen molar-refractivity contribution in [3.8, 4) is 0 Å². The van der Waals surface area contributed by atoms with Crippen molar-refractivity contribution < 1.29 is 14.3 Å². The average Bonchev–Trinajstić information content (AvgIpc) is 3.16. The van der Waals surface area contributed by atoms with E-state index in [9.17, 15) is 9.59 Å². The first-order valence-electron chi connectivity index (χ1n) is 8.69. The Morgan fingerprint density at radius 3 is 2.81 bits per heavy atom. The summed E-state index contributed by atoms with van der Waals surface area (Å²) in [6.45, 7) is 2.58. The number of thiophene rings is 1. The number of amides is 3. The number of hydrogen-bond donors (Lipinski definition) is 2. The summed E-state index contributed by atoms with van der Waals surface area (Å²) in [5, 5.41) is 7.11. The van der Waals surface area contributed by atoms with Gasteiger partial charge in [-0.2, -0.15) is 0 Å². The van der Waals surface area contributed by atoms with Crippen molar-refractivity contribution in [2.24, 2.45) is 0 Å². The summed E-state index contributed by atoms with van der Waals surface area (Å²) in [4.78, 5) is 27.1. The summed E-state index contributed by atoms with van der Waals surface area (Å²) in [5.41, 5.74) is 1.10. The molecule has 1 aliphatic heterocycles. The predicted octanol–water partition coefficient (Wildman–Crippen LogP) is 2.19. The zero-order valence-corrected chi connectivity index (χ0v) is 15.3. The molecule has 0 spiro atoms. The van der Waals surface area contributed by atoms with E-state index in [1.165, 1.54) is 4.88 Å². The average molecular weight is 373 g/mol. The lowest BCUT2D eigenvalue weighted by Gasteiger charge is -2.32. The number of nitrogens with one attached hydrogen (secondary N) is 2. The first kappa shape index (κ1) is 18.6. The van der Waals surface area contributed by atoms with Crippen molar-refractivity contribution in [1.29, 1.82) is 0 Å². The standard InChI is InChI=1S/C19H23N3O3S/c23-18(21-19(24)20-9-8-16-7-4-12-26-16)14-22-10-11-25-17(13-22)15-5-2-1-3-6-15/h1-7,12,17H,8-11,13-14H2,(H2,20,21,23,24). The van der Waals surface area contributed by atoms with Crippen LogP contribution in [0.3, 0.4) is 0 Å². The van der Waals surface area contributed by atoms with E-state index in [2.05, 4.69) is 10.6 Å². The fourth-order valence-corrected chi connectivity index (χ4v) is 3.59. The number of rotatable bonds is 6. The van der Waals surface area contributed by atoms with E-state index in [0.717, 1.165) is 12.0 Å². The molecule has 7 heteroatoms. The van der Waals surface area contributed by atoms with Crippen LogP contribution >= 0.6 is 11.3 Å². The van der Waals surface area contributed by atoms with Gasteiger partial charge >= 0.3 is 6.03 Å². The molecule has 3 rings (SSSR count). The highest BCUT2D eigenvalue weighted by atomic mass is 32.1. The van der Waals surface area contributed by atoms with Crippen LogP contribution in [0.25, 0.3) is 0 Å². The molecule has 1 aliphatic rings. The van der Waals surface area contributed by atoms with Crippen LogP contribution in [0.2, 0.25) is 0 Å². The van der Waals surface area contributed by atoms with E-state index >= 15 is 0 Å². The lowest BCUT2D eigenvalue weighted by molar-refractivity contribution is -0.123. The molecule has 0 aliphatic carbocycles. The summed E-state index contributed by atoms with van der Waals surface area (Å²) in [6, 6.07) is 13.5. The minimum atomic E-state index is -0.445. The van der Waals surface area contributed by atoms with Crippen LogP contribution in [-0.2, 0) is 16.0 Å². The normalized spacial score (nSPS) is 17.6. The molecular weight excluding hydrogens is 350 g/mol. The lowest BCUT2D eigenvalue weighted by atomic mass is 10.1. The third kappa shape index (κ3) is 5.66. The van der Waals surface area contributed by atoms with Gasteiger partial charge in [0, 0.05) is 24.5 Å². The highest BCUT2D eigenvalue weighted by molar-refractivity contribution is 7.09. The SMILES string of the molecule is O=C(CN1CCOC(c2ccccc2)C1)NC(=O)NCCc1cccs1. The fourth-order valence-electron chi connectivity index (χ4n) is 2.88. The van der Waals surface area contributed by atoms with Gasteiger partial charge in [-0.05, 0) is 23.4 Å². The summed E-state index contributed by atoms with van der Waals surface area (Å²) in [6.07, 6.45) is 0.721. The van der Waals surface area contributed by atoms with Crippen LogP contribution in [0.5, 0.6) is 0 Å². The number of morpholine rings is 1. The molecule has 138 valence electrons. The van der Waals surface area contributed by atoms with Gasteiger partial charge in [-0.3, -0.25) is 15.0 Å². The van der Waals surface area contributed by atoms with Gasteiger partial charge in [-0.15, -0.1) is 11.3 Å². The molecule has 2 N–H and O–H groups in total. The second-order valence-corrected chi connectivity index (χ2v) is 7.17. The fraction of sp³-hybridized carbons (Fsp3) is 0.368. The lowest BCUT2D eigenvalue weighted by Crippen LogP contribution is -2.48.